The van der Waals surface area contributed by atoms with Crippen LogP contribution in [0.4, 0.5) is 5.69 Å². The van der Waals surface area contributed by atoms with Gasteiger partial charge in [-0.15, -0.1) is 0 Å². The smallest absolute Gasteiger partial charge is 0.337 e. The zero-order valence-electron chi connectivity index (χ0n) is 13.5. The fraction of sp³-hybridized carbons (Fsp3) is 0.167. The van der Waals surface area contributed by atoms with Crippen molar-refractivity contribution in [2.24, 2.45) is 0 Å². The van der Waals surface area contributed by atoms with E-state index in [0.29, 0.717) is 28.9 Å². The van der Waals surface area contributed by atoms with E-state index in [-0.39, 0.29) is 11.8 Å². The van der Waals surface area contributed by atoms with Gasteiger partial charge in [0.25, 0.3) is 11.8 Å². The van der Waals surface area contributed by atoms with Gasteiger partial charge < -0.3 is 15.4 Å². The van der Waals surface area contributed by atoms with Gasteiger partial charge in [0.2, 0.25) is 0 Å². The third kappa shape index (κ3) is 3.98. The van der Waals surface area contributed by atoms with Crippen molar-refractivity contribution in [2.75, 3.05) is 19.0 Å². The zero-order chi connectivity index (χ0) is 17.5. The number of rotatable bonds is 5. The molecule has 0 heterocycles. The summed E-state index contributed by atoms with van der Waals surface area (Å²) >= 11 is 0. The number of esters is 1. The van der Waals surface area contributed by atoms with E-state index in [0.717, 1.165) is 0 Å². The Balaban J connectivity index is 2.18. The van der Waals surface area contributed by atoms with E-state index in [1.54, 1.807) is 24.3 Å². The minimum Gasteiger partial charge on any atom is -0.465 e. The number of carbonyl (C=O) groups is 3. The summed E-state index contributed by atoms with van der Waals surface area (Å²) in [5.41, 5.74) is 1.54. The molecule has 2 amide bonds. The quantitative estimate of drug-likeness (QED) is 0.827. The van der Waals surface area contributed by atoms with E-state index in [1.807, 2.05) is 6.92 Å². The summed E-state index contributed by atoms with van der Waals surface area (Å²) in [6, 6.07) is 12.8. The molecule has 124 valence electrons. The number of amides is 2. The van der Waals surface area contributed by atoms with E-state index in [1.165, 1.54) is 31.4 Å². The van der Waals surface area contributed by atoms with E-state index in [4.69, 9.17) is 0 Å². The minimum atomic E-state index is -0.469. The summed E-state index contributed by atoms with van der Waals surface area (Å²) in [4.78, 5) is 35.8. The van der Waals surface area contributed by atoms with Crippen LogP contribution in [-0.2, 0) is 4.74 Å². The molecule has 0 aliphatic carbocycles. The van der Waals surface area contributed by atoms with Gasteiger partial charge in [0.1, 0.15) is 0 Å². The number of hydrogen-bond donors (Lipinski definition) is 2. The second-order valence-corrected chi connectivity index (χ2v) is 4.93. The molecule has 2 rings (SSSR count). The lowest BCUT2D eigenvalue weighted by Crippen LogP contribution is -2.24. The van der Waals surface area contributed by atoms with Crippen molar-refractivity contribution in [3.8, 4) is 0 Å². The maximum absolute atomic E-state index is 12.3. The molecule has 0 saturated carbocycles. The van der Waals surface area contributed by atoms with Crippen LogP contribution in [0.3, 0.4) is 0 Å². The van der Waals surface area contributed by atoms with Crippen molar-refractivity contribution < 1.29 is 19.1 Å². The Bertz CT molecular complexity index is 754. The van der Waals surface area contributed by atoms with Gasteiger partial charge in [-0.3, -0.25) is 9.59 Å². The number of nitrogens with one attached hydrogen (secondary N) is 2. The third-order valence-electron chi connectivity index (χ3n) is 3.33. The molecule has 2 aromatic rings. The van der Waals surface area contributed by atoms with Crippen LogP contribution in [0.5, 0.6) is 0 Å². The van der Waals surface area contributed by atoms with Gasteiger partial charge in [-0.1, -0.05) is 12.1 Å². The molecular formula is C18H18N2O4. The Labute approximate surface area is 139 Å². The number of ether oxygens (including phenoxy) is 1. The summed E-state index contributed by atoms with van der Waals surface area (Å²) in [5.74, 6) is -1.10. The van der Waals surface area contributed by atoms with Crippen LogP contribution < -0.4 is 10.6 Å². The number of anilines is 1. The van der Waals surface area contributed by atoms with E-state index >= 15 is 0 Å². The van der Waals surface area contributed by atoms with Crippen molar-refractivity contribution in [3.05, 3.63) is 65.2 Å². The predicted octanol–water partition coefficient (Wildman–Crippen LogP) is 2.48. The average molecular weight is 326 g/mol. The largest absolute Gasteiger partial charge is 0.465 e. The van der Waals surface area contributed by atoms with Crippen molar-refractivity contribution in [2.45, 2.75) is 6.92 Å². The highest BCUT2D eigenvalue weighted by molar-refractivity contribution is 6.09. The molecule has 6 heteroatoms. The Morgan fingerprint density at radius 2 is 1.54 bits per heavy atom. The summed E-state index contributed by atoms with van der Waals surface area (Å²) < 4.78 is 4.61. The van der Waals surface area contributed by atoms with Crippen LogP contribution in [0.25, 0.3) is 0 Å². The molecule has 2 aromatic carbocycles. The SMILES string of the molecule is CCNC(=O)c1ccccc1NC(=O)c1ccc(C(=O)OC)cc1. The Hall–Kier alpha value is -3.15. The molecule has 0 unspecified atom stereocenters. The molecule has 6 nitrogen and oxygen atoms in total. The molecule has 24 heavy (non-hydrogen) atoms. The van der Waals surface area contributed by atoms with Gasteiger partial charge >= 0.3 is 5.97 Å². The van der Waals surface area contributed by atoms with Crippen LogP contribution in [0.2, 0.25) is 0 Å². The lowest BCUT2D eigenvalue weighted by Gasteiger charge is -2.11. The first-order chi connectivity index (χ1) is 11.6. The number of benzene rings is 2. The molecule has 2 N–H and O–H groups in total. The monoisotopic (exact) mass is 326 g/mol. The van der Waals surface area contributed by atoms with Crippen molar-refractivity contribution >= 4 is 23.5 Å². The van der Waals surface area contributed by atoms with Gasteiger partial charge in [-0.25, -0.2) is 4.79 Å². The van der Waals surface area contributed by atoms with Gasteiger partial charge in [-0.2, -0.15) is 0 Å². The summed E-state index contributed by atoms with van der Waals surface area (Å²) in [5, 5.41) is 5.41. The second kappa shape index (κ2) is 7.92. The fourth-order valence-electron chi connectivity index (χ4n) is 2.12. The van der Waals surface area contributed by atoms with E-state index in [9.17, 15) is 14.4 Å². The lowest BCUT2D eigenvalue weighted by atomic mass is 10.1. The normalized spacial score (nSPS) is 9.92. The molecule has 0 fully saturated rings. The topological polar surface area (TPSA) is 84.5 Å². The molecule has 0 radical (unpaired) electrons. The molecule has 0 aromatic heterocycles. The van der Waals surface area contributed by atoms with Crippen LogP contribution in [0.15, 0.2) is 48.5 Å². The van der Waals surface area contributed by atoms with E-state index < -0.39 is 5.97 Å². The average Bonchev–Trinajstić information content (AvgIpc) is 2.61. The maximum atomic E-state index is 12.3. The number of para-hydroxylation sites is 1. The Morgan fingerprint density at radius 1 is 0.917 bits per heavy atom. The van der Waals surface area contributed by atoms with Crippen LogP contribution in [0, 0.1) is 0 Å². The van der Waals surface area contributed by atoms with Crippen LogP contribution in [0.1, 0.15) is 38.0 Å². The lowest BCUT2D eigenvalue weighted by molar-refractivity contribution is 0.0600. The molecular weight excluding hydrogens is 308 g/mol. The third-order valence-corrected chi connectivity index (χ3v) is 3.33. The van der Waals surface area contributed by atoms with Gasteiger partial charge in [-0.05, 0) is 43.3 Å². The molecule has 0 bridgehead atoms. The highest BCUT2D eigenvalue weighted by atomic mass is 16.5. The summed E-state index contributed by atoms with van der Waals surface area (Å²) in [6.07, 6.45) is 0. The first kappa shape index (κ1) is 17.2. The molecule has 0 aliphatic heterocycles. The highest BCUT2D eigenvalue weighted by Crippen LogP contribution is 2.16. The molecule has 0 spiro atoms. The second-order valence-electron chi connectivity index (χ2n) is 4.93. The zero-order valence-corrected chi connectivity index (χ0v) is 13.5. The van der Waals surface area contributed by atoms with E-state index in [2.05, 4.69) is 15.4 Å². The van der Waals surface area contributed by atoms with Crippen LogP contribution in [-0.4, -0.2) is 31.4 Å². The van der Waals surface area contributed by atoms with Crippen molar-refractivity contribution in [1.29, 1.82) is 0 Å². The Kier molecular flexibility index (Phi) is 5.68. The maximum Gasteiger partial charge on any atom is 0.337 e. The summed E-state index contributed by atoms with van der Waals surface area (Å²) in [6.45, 7) is 2.32. The first-order valence-corrected chi connectivity index (χ1v) is 7.43. The first-order valence-electron chi connectivity index (χ1n) is 7.43. The van der Waals surface area contributed by atoms with Crippen molar-refractivity contribution in [3.63, 3.8) is 0 Å². The van der Waals surface area contributed by atoms with Gasteiger partial charge in [0.05, 0.1) is 23.9 Å². The molecule has 0 saturated heterocycles. The molecule has 0 aliphatic rings. The van der Waals surface area contributed by atoms with Crippen molar-refractivity contribution in [1.82, 2.24) is 5.32 Å². The standard InChI is InChI=1S/C18H18N2O4/c1-3-19-17(22)14-6-4-5-7-15(14)20-16(21)12-8-10-13(11-9-12)18(23)24-2/h4-11H,3H2,1-2H3,(H,19,22)(H,20,21). The summed E-state index contributed by atoms with van der Waals surface area (Å²) in [7, 11) is 1.29. The molecule has 0 atom stereocenters. The highest BCUT2D eigenvalue weighted by Gasteiger charge is 2.14. The minimum absolute atomic E-state index is 0.255. The van der Waals surface area contributed by atoms with Crippen LogP contribution >= 0.6 is 0 Å². The van der Waals surface area contributed by atoms with Gasteiger partial charge in [0, 0.05) is 12.1 Å². The number of carbonyl (C=O) groups excluding carboxylic acids is 3. The predicted molar refractivity (Wildman–Crippen MR) is 90.2 cm³/mol. The number of hydrogen-bond acceptors (Lipinski definition) is 4. The van der Waals surface area contributed by atoms with Gasteiger partial charge in [0.15, 0.2) is 0 Å². The Morgan fingerprint density at radius 3 is 2.17 bits per heavy atom. The number of methoxy groups -OCH3 is 1. The fourth-order valence-corrected chi connectivity index (χ4v) is 2.12.